The first-order valence-corrected chi connectivity index (χ1v) is 5.46. The molecule has 0 N–H and O–H groups in total. The predicted molar refractivity (Wildman–Crippen MR) is 70.1 cm³/mol. The molecule has 1 heterocycles. The Morgan fingerprint density at radius 2 is 2.16 bits per heavy atom. The summed E-state index contributed by atoms with van der Waals surface area (Å²) >= 11 is 0. The molecule has 0 fully saturated rings. The molecule has 94 valence electrons. The first-order chi connectivity index (χ1) is 9.11. The topological polar surface area (TPSA) is 83.1 Å². The Labute approximate surface area is 109 Å². The molecule has 0 saturated carbocycles. The van der Waals surface area contributed by atoms with Crippen molar-refractivity contribution in [1.82, 2.24) is 4.98 Å². The summed E-state index contributed by atoms with van der Waals surface area (Å²) in [4.78, 5) is 16.0. The van der Waals surface area contributed by atoms with Crippen LogP contribution in [-0.2, 0) is 0 Å². The standard InChI is InChI=1S/C13H10N4O2/c1-16(11-4-2-3-10(7-11)9-14)13-8-12(17(18)19)5-6-15-13/h2-8H,1H3. The van der Waals surface area contributed by atoms with Gasteiger partial charge in [0.05, 0.1) is 22.6 Å². The first kappa shape index (κ1) is 12.5. The highest BCUT2D eigenvalue weighted by Gasteiger charge is 2.11. The van der Waals surface area contributed by atoms with E-state index in [9.17, 15) is 10.1 Å². The van der Waals surface area contributed by atoms with Crippen LogP contribution in [0.1, 0.15) is 5.56 Å². The molecule has 19 heavy (non-hydrogen) atoms. The smallest absolute Gasteiger partial charge is 0.274 e. The number of hydrogen-bond acceptors (Lipinski definition) is 5. The normalized spacial score (nSPS) is 9.68. The number of hydrogen-bond donors (Lipinski definition) is 0. The van der Waals surface area contributed by atoms with Crippen molar-refractivity contribution in [2.45, 2.75) is 0 Å². The van der Waals surface area contributed by atoms with Crippen LogP contribution in [0.15, 0.2) is 42.6 Å². The lowest BCUT2D eigenvalue weighted by Gasteiger charge is -2.17. The molecule has 6 heteroatoms. The maximum Gasteiger partial charge on any atom is 0.274 e. The predicted octanol–water partition coefficient (Wildman–Crippen LogP) is 2.63. The molecule has 0 unspecified atom stereocenters. The highest BCUT2D eigenvalue weighted by molar-refractivity contribution is 5.62. The van der Waals surface area contributed by atoms with E-state index in [-0.39, 0.29) is 5.69 Å². The van der Waals surface area contributed by atoms with Crippen LogP contribution in [0.2, 0.25) is 0 Å². The van der Waals surface area contributed by atoms with Crippen LogP contribution >= 0.6 is 0 Å². The van der Waals surface area contributed by atoms with E-state index in [4.69, 9.17) is 5.26 Å². The number of pyridine rings is 1. The van der Waals surface area contributed by atoms with Gasteiger partial charge in [0.2, 0.25) is 0 Å². The van der Waals surface area contributed by atoms with E-state index in [1.165, 1.54) is 18.3 Å². The SMILES string of the molecule is CN(c1cccc(C#N)c1)c1cc([N+](=O)[O-])ccn1. The van der Waals surface area contributed by atoms with Gasteiger partial charge >= 0.3 is 0 Å². The Kier molecular flexibility index (Phi) is 3.39. The third-order valence-electron chi connectivity index (χ3n) is 2.65. The minimum absolute atomic E-state index is 0.0201. The minimum atomic E-state index is -0.468. The van der Waals surface area contributed by atoms with E-state index in [1.807, 2.05) is 6.07 Å². The third kappa shape index (κ3) is 2.66. The maximum absolute atomic E-state index is 10.7. The van der Waals surface area contributed by atoms with Crippen LogP contribution in [-0.4, -0.2) is 17.0 Å². The molecule has 0 atom stereocenters. The van der Waals surface area contributed by atoms with Crippen molar-refractivity contribution in [2.24, 2.45) is 0 Å². The van der Waals surface area contributed by atoms with Crippen molar-refractivity contribution in [1.29, 1.82) is 5.26 Å². The molecule has 0 amide bonds. The van der Waals surface area contributed by atoms with Gasteiger partial charge in [-0.05, 0) is 18.2 Å². The lowest BCUT2D eigenvalue weighted by molar-refractivity contribution is -0.384. The molecule has 0 aliphatic heterocycles. The lowest BCUT2D eigenvalue weighted by Crippen LogP contribution is -2.11. The van der Waals surface area contributed by atoms with Crippen LogP contribution in [0.5, 0.6) is 0 Å². The molecule has 1 aromatic heterocycles. The number of aromatic nitrogens is 1. The lowest BCUT2D eigenvalue weighted by atomic mass is 10.2. The third-order valence-corrected chi connectivity index (χ3v) is 2.65. The van der Waals surface area contributed by atoms with Gasteiger partial charge in [-0.1, -0.05) is 6.07 Å². The summed E-state index contributed by atoms with van der Waals surface area (Å²) in [6, 6.07) is 11.7. The van der Waals surface area contributed by atoms with E-state index < -0.39 is 4.92 Å². The second kappa shape index (κ2) is 5.14. The van der Waals surface area contributed by atoms with Gasteiger partial charge in [-0.2, -0.15) is 5.26 Å². The molecule has 0 radical (unpaired) electrons. The van der Waals surface area contributed by atoms with Gasteiger partial charge in [0, 0.05) is 25.0 Å². The van der Waals surface area contributed by atoms with Gasteiger partial charge in [0.25, 0.3) is 5.69 Å². The Morgan fingerprint density at radius 3 is 2.84 bits per heavy atom. The van der Waals surface area contributed by atoms with Crippen LogP contribution in [0, 0.1) is 21.4 Å². The molecule has 2 aromatic rings. The fourth-order valence-electron chi connectivity index (χ4n) is 1.62. The summed E-state index contributed by atoms with van der Waals surface area (Å²) in [5.74, 6) is 0.448. The van der Waals surface area contributed by atoms with E-state index in [0.717, 1.165) is 5.69 Å². The van der Waals surface area contributed by atoms with E-state index >= 15 is 0 Å². The number of nitrogens with zero attached hydrogens (tertiary/aromatic N) is 4. The van der Waals surface area contributed by atoms with Crippen molar-refractivity contribution in [2.75, 3.05) is 11.9 Å². The zero-order chi connectivity index (χ0) is 13.8. The fraction of sp³-hybridized carbons (Fsp3) is 0.0769. The quantitative estimate of drug-likeness (QED) is 0.621. The van der Waals surface area contributed by atoms with E-state index in [0.29, 0.717) is 11.4 Å². The van der Waals surface area contributed by atoms with Gasteiger partial charge in [0.1, 0.15) is 5.82 Å². The zero-order valence-corrected chi connectivity index (χ0v) is 10.1. The average molecular weight is 254 g/mol. The van der Waals surface area contributed by atoms with Crippen LogP contribution in [0.4, 0.5) is 17.2 Å². The molecule has 0 bridgehead atoms. The van der Waals surface area contributed by atoms with Gasteiger partial charge in [0.15, 0.2) is 0 Å². The molecule has 0 spiro atoms. The van der Waals surface area contributed by atoms with Crippen LogP contribution in [0.25, 0.3) is 0 Å². The second-order valence-electron chi connectivity index (χ2n) is 3.85. The van der Waals surface area contributed by atoms with Crippen molar-refractivity contribution in [3.8, 4) is 6.07 Å². The molecule has 0 saturated heterocycles. The number of anilines is 2. The van der Waals surface area contributed by atoms with E-state index in [1.54, 1.807) is 36.2 Å². The summed E-state index contributed by atoms with van der Waals surface area (Å²) in [6.07, 6.45) is 1.39. The Balaban J connectivity index is 2.38. The number of nitro groups is 1. The van der Waals surface area contributed by atoms with Crippen LogP contribution < -0.4 is 4.90 Å². The summed E-state index contributed by atoms with van der Waals surface area (Å²) < 4.78 is 0. The van der Waals surface area contributed by atoms with E-state index in [2.05, 4.69) is 4.98 Å². The summed E-state index contributed by atoms with van der Waals surface area (Å²) in [7, 11) is 1.74. The average Bonchev–Trinajstić information content (AvgIpc) is 2.46. The first-order valence-electron chi connectivity index (χ1n) is 5.46. The number of nitriles is 1. The van der Waals surface area contributed by atoms with Gasteiger partial charge < -0.3 is 4.90 Å². The monoisotopic (exact) mass is 254 g/mol. The Hall–Kier alpha value is -2.94. The largest absolute Gasteiger partial charge is 0.329 e. The van der Waals surface area contributed by atoms with Gasteiger partial charge in [-0.25, -0.2) is 4.98 Å². The summed E-state index contributed by atoms with van der Waals surface area (Å²) in [6.45, 7) is 0. The van der Waals surface area contributed by atoms with Gasteiger partial charge in [-0.3, -0.25) is 10.1 Å². The van der Waals surface area contributed by atoms with Crippen molar-refractivity contribution in [3.63, 3.8) is 0 Å². The molecule has 2 rings (SSSR count). The molecule has 6 nitrogen and oxygen atoms in total. The Bertz CT molecular complexity index is 664. The summed E-state index contributed by atoms with van der Waals surface area (Å²) in [5, 5.41) is 19.6. The molecule has 0 aliphatic carbocycles. The molecular weight excluding hydrogens is 244 g/mol. The second-order valence-corrected chi connectivity index (χ2v) is 3.85. The van der Waals surface area contributed by atoms with Crippen molar-refractivity contribution < 1.29 is 4.92 Å². The number of rotatable bonds is 3. The number of benzene rings is 1. The Morgan fingerprint density at radius 1 is 1.37 bits per heavy atom. The molecule has 0 aliphatic rings. The molecule has 1 aromatic carbocycles. The molecular formula is C13H10N4O2. The highest BCUT2D eigenvalue weighted by Crippen LogP contribution is 2.24. The minimum Gasteiger partial charge on any atom is -0.329 e. The highest BCUT2D eigenvalue weighted by atomic mass is 16.6. The van der Waals surface area contributed by atoms with Crippen LogP contribution in [0.3, 0.4) is 0 Å². The zero-order valence-electron chi connectivity index (χ0n) is 10.1. The van der Waals surface area contributed by atoms with Crippen molar-refractivity contribution >= 4 is 17.2 Å². The summed E-state index contributed by atoms with van der Waals surface area (Å²) in [5.41, 5.74) is 1.25. The van der Waals surface area contributed by atoms with Gasteiger partial charge in [-0.15, -0.1) is 0 Å². The fourth-order valence-corrected chi connectivity index (χ4v) is 1.62. The van der Waals surface area contributed by atoms with Crippen molar-refractivity contribution in [3.05, 3.63) is 58.3 Å². The maximum atomic E-state index is 10.7.